The van der Waals surface area contributed by atoms with Crippen LogP contribution in [-0.2, 0) is 20.2 Å². The molecule has 0 aromatic heterocycles. The molecule has 0 unspecified atom stereocenters. The van der Waals surface area contributed by atoms with Gasteiger partial charge < -0.3 is 10.1 Å². The van der Waals surface area contributed by atoms with Gasteiger partial charge in [-0.2, -0.15) is 4.31 Å². The van der Waals surface area contributed by atoms with E-state index in [0.29, 0.717) is 26.2 Å². The molecular weight excluding hydrogens is 276 g/mol. The molecule has 0 spiro atoms. The Morgan fingerprint density at radius 2 is 1.70 bits per heavy atom. The Kier molecular flexibility index (Phi) is 4.27. The van der Waals surface area contributed by atoms with Crippen molar-refractivity contribution in [2.75, 3.05) is 26.2 Å². The predicted molar refractivity (Wildman–Crippen MR) is 77.2 cm³/mol. The summed E-state index contributed by atoms with van der Waals surface area (Å²) in [5.74, 6) is 0. The molecule has 0 saturated carbocycles. The van der Waals surface area contributed by atoms with Crippen molar-refractivity contribution in [2.24, 2.45) is 0 Å². The molecule has 1 aromatic rings. The van der Waals surface area contributed by atoms with Crippen molar-refractivity contribution < 1.29 is 13.2 Å². The molecule has 2 rings (SSSR count). The Hall–Kier alpha value is -1.24. The van der Waals surface area contributed by atoms with Gasteiger partial charge in [-0.3, -0.25) is 0 Å². The highest BCUT2D eigenvalue weighted by Crippen LogP contribution is 2.23. The number of nitrogens with zero attached hydrogens (tertiary/aromatic N) is 1. The van der Waals surface area contributed by atoms with Gasteiger partial charge in [0, 0.05) is 31.6 Å². The summed E-state index contributed by atoms with van der Waals surface area (Å²) in [7, 11) is -3.43. The number of hydrogen-bond acceptors (Lipinski definition) is 4. The lowest BCUT2D eigenvalue weighted by atomic mass is 9.87. The predicted octanol–water partition coefficient (Wildman–Crippen LogP) is 0.757. The average Bonchev–Trinajstić information content (AvgIpc) is 2.48. The van der Waals surface area contributed by atoms with E-state index in [9.17, 15) is 13.2 Å². The molecule has 0 amide bonds. The average molecular weight is 296 g/mol. The molecule has 6 heteroatoms. The monoisotopic (exact) mass is 296 g/mol. The van der Waals surface area contributed by atoms with Gasteiger partial charge in [0.15, 0.2) is 0 Å². The van der Waals surface area contributed by atoms with Gasteiger partial charge in [0.25, 0.3) is 0 Å². The van der Waals surface area contributed by atoms with Gasteiger partial charge in [0.05, 0.1) is 4.90 Å². The van der Waals surface area contributed by atoms with E-state index in [0.717, 1.165) is 11.8 Å². The summed E-state index contributed by atoms with van der Waals surface area (Å²) in [5.41, 5.74) is 0.212. The fourth-order valence-electron chi connectivity index (χ4n) is 2.16. The number of benzene rings is 1. The molecule has 1 heterocycles. The number of carbonyl (C=O) groups excluding carboxylic acids is 1. The van der Waals surface area contributed by atoms with E-state index in [1.54, 1.807) is 38.1 Å². The Balaban J connectivity index is 2.27. The number of nitrogens with one attached hydrogen (secondary N) is 1. The van der Waals surface area contributed by atoms with Crippen molar-refractivity contribution in [3.8, 4) is 0 Å². The fraction of sp³-hybridized carbons (Fsp3) is 0.500. The maximum absolute atomic E-state index is 12.4. The van der Waals surface area contributed by atoms with Crippen LogP contribution in [0.5, 0.6) is 0 Å². The van der Waals surface area contributed by atoms with E-state index < -0.39 is 15.4 Å². The number of piperazine rings is 1. The molecule has 1 N–H and O–H groups in total. The smallest absolute Gasteiger partial charge is 0.243 e. The summed E-state index contributed by atoms with van der Waals surface area (Å²) >= 11 is 0. The summed E-state index contributed by atoms with van der Waals surface area (Å²) in [5, 5.41) is 3.13. The summed E-state index contributed by atoms with van der Waals surface area (Å²) in [6, 6.07) is 6.59. The second kappa shape index (κ2) is 5.63. The van der Waals surface area contributed by atoms with Gasteiger partial charge in [-0.05, 0) is 31.5 Å². The molecule has 0 aliphatic carbocycles. The van der Waals surface area contributed by atoms with E-state index >= 15 is 0 Å². The van der Waals surface area contributed by atoms with Crippen molar-refractivity contribution in [3.63, 3.8) is 0 Å². The quantitative estimate of drug-likeness (QED) is 0.833. The first-order valence-corrected chi connectivity index (χ1v) is 8.10. The summed E-state index contributed by atoms with van der Waals surface area (Å²) in [6.07, 6.45) is 0.868. The van der Waals surface area contributed by atoms with E-state index in [1.807, 2.05) is 0 Å². The highest BCUT2D eigenvalue weighted by Gasteiger charge is 2.26. The highest BCUT2D eigenvalue weighted by atomic mass is 32.2. The van der Waals surface area contributed by atoms with Gasteiger partial charge in [0.1, 0.15) is 6.29 Å². The minimum absolute atomic E-state index is 0.282. The third-order valence-corrected chi connectivity index (χ3v) is 5.52. The van der Waals surface area contributed by atoms with Crippen LogP contribution in [0.25, 0.3) is 0 Å². The first-order chi connectivity index (χ1) is 9.38. The molecular formula is C14H20N2O3S. The van der Waals surface area contributed by atoms with Crippen LogP contribution in [0.2, 0.25) is 0 Å². The van der Waals surface area contributed by atoms with Crippen LogP contribution in [0.4, 0.5) is 0 Å². The Morgan fingerprint density at radius 3 is 2.20 bits per heavy atom. The Bertz CT molecular complexity index is 573. The van der Waals surface area contributed by atoms with Crippen LogP contribution in [0, 0.1) is 0 Å². The van der Waals surface area contributed by atoms with E-state index in [1.165, 1.54) is 4.31 Å². The zero-order valence-electron chi connectivity index (χ0n) is 11.8. The van der Waals surface area contributed by atoms with Crippen molar-refractivity contribution in [1.82, 2.24) is 9.62 Å². The molecule has 1 aliphatic rings. The lowest BCUT2D eigenvalue weighted by molar-refractivity contribution is -0.111. The largest absolute Gasteiger partial charge is 0.314 e. The maximum Gasteiger partial charge on any atom is 0.243 e. The van der Waals surface area contributed by atoms with Gasteiger partial charge in [-0.25, -0.2) is 8.42 Å². The van der Waals surface area contributed by atoms with Crippen LogP contribution < -0.4 is 5.32 Å². The van der Waals surface area contributed by atoms with Crippen molar-refractivity contribution in [1.29, 1.82) is 0 Å². The minimum Gasteiger partial charge on any atom is -0.314 e. The summed E-state index contributed by atoms with van der Waals surface area (Å²) < 4.78 is 26.4. The molecule has 5 nitrogen and oxygen atoms in total. The second-order valence-corrected chi connectivity index (χ2v) is 7.46. The molecule has 0 bridgehead atoms. The molecule has 1 saturated heterocycles. The minimum atomic E-state index is -3.43. The topological polar surface area (TPSA) is 66.5 Å². The number of hydrogen-bond donors (Lipinski definition) is 1. The number of aldehydes is 1. The molecule has 20 heavy (non-hydrogen) atoms. The molecule has 1 aromatic carbocycles. The first-order valence-electron chi connectivity index (χ1n) is 6.66. The van der Waals surface area contributed by atoms with Gasteiger partial charge in [0.2, 0.25) is 10.0 Å². The molecule has 110 valence electrons. The van der Waals surface area contributed by atoms with Crippen LogP contribution in [0.15, 0.2) is 29.2 Å². The lowest BCUT2D eigenvalue weighted by Gasteiger charge is -2.27. The standard InChI is InChI=1S/C14H20N2O3S/c1-14(2,11-17)12-3-5-13(6-4-12)20(18,19)16-9-7-15-8-10-16/h3-6,11,15H,7-10H2,1-2H3. The maximum atomic E-state index is 12.4. The van der Waals surface area contributed by atoms with Crippen LogP contribution >= 0.6 is 0 Å². The van der Waals surface area contributed by atoms with Crippen molar-refractivity contribution in [2.45, 2.75) is 24.2 Å². The summed E-state index contributed by atoms with van der Waals surface area (Å²) in [4.78, 5) is 11.3. The first kappa shape index (κ1) is 15.2. The normalized spacial score (nSPS) is 17.9. The SMILES string of the molecule is CC(C)(C=O)c1ccc(S(=O)(=O)N2CCNCC2)cc1. The van der Waals surface area contributed by atoms with E-state index in [4.69, 9.17) is 0 Å². The number of sulfonamides is 1. The zero-order valence-corrected chi connectivity index (χ0v) is 12.6. The van der Waals surface area contributed by atoms with E-state index in [2.05, 4.69) is 5.32 Å². The zero-order chi connectivity index (χ0) is 14.8. The number of carbonyl (C=O) groups is 1. The van der Waals surface area contributed by atoms with Gasteiger partial charge in [-0.1, -0.05) is 12.1 Å². The number of rotatable bonds is 4. The van der Waals surface area contributed by atoms with Crippen LogP contribution in [-0.4, -0.2) is 45.2 Å². The molecule has 0 radical (unpaired) electrons. The Morgan fingerprint density at radius 1 is 1.15 bits per heavy atom. The molecule has 1 fully saturated rings. The van der Waals surface area contributed by atoms with Crippen LogP contribution in [0.3, 0.4) is 0 Å². The van der Waals surface area contributed by atoms with Crippen molar-refractivity contribution >= 4 is 16.3 Å². The van der Waals surface area contributed by atoms with Crippen LogP contribution in [0.1, 0.15) is 19.4 Å². The summed E-state index contributed by atoms with van der Waals surface area (Å²) in [6.45, 7) is 5.94. The second-order valence-electron chi connectivity index (χ2n) is 5.52. The van der Waals surface area contributed by atoms with E-state index in [-0.39, 0.29) is 4.90 Å². The molecule has 1 aliphatic heterocycles. The van der Waals surface area contributed by atoms with Gasteiger partial charge in [-0.15, -0.1) is 0 Å². The van der Waals surface area contributed by atoms with Crippen molar-refractivity contribution in [3.05, 3.63) is 29.8 Å². The third-order valence-electron chi connectivity index (χ3n) is 3.61. The third kappa shape index (κ3) is 2.92. The Labute approximate surface area is 120 Å². The highest BCUT2D eigenvalue weighted by molar-refractivity contribution is 7.89. The molecule has 0 atom stereocenters. The lowest BCUT2D eigenvalue weighted by Crippen LogP contribution is -2.46. The fourth-order valence-corrected chi connectivity index (χ4v) is 3.60. The van der Waals surface area contributed by atoms with Gasteiger partial charge >= 0.3 is 0 Å².